The average Bonchev–Trinajstić information content (AvgIpc) is 2.76. The van der Waals surface area contributed by atoms with Gasteiger partial charge in [0.1, 0.15) is 0 Å². The molecule has 3 aromatic carbocycles. The topological polar surface area (TPSA) is 37.4 Å². The van der Waals surface area contributed by atoms with Crippen molar-refractivity contribution in [3.05, 3.63) is 82.9 Å². The van der Waals surface area contributed by atoms with Crippen LogP contribution in [0.2, 0.25) is 0 Å². The first-order valence-corrected chi connectivity index (χ1v) is 10.2. The number of amides is 2. The van der Waals surface area contributed by atoms with Crippen LogP contribution in [-0.2, 0) is 0 Å². The largest absolute Gasteiger partial charge is 0.274 e. The van der Waals surface area contributed by atoms with E-state index in [4.69, 9.17) is 0 Å². The van der Waals surface area contributed by atoms with E-state index < -0.39 is 0 Å². The van der Waals surface area contributed by atoms with E-state index in [1.807, 2.05) is 60.7 Å². The van der Waals surface area contributed by atoms with Gasteiger partial charge in [0.2, 0.25) is 0 Å². The number of imide groups is 1. The molecule has 0 unspecified atom stereocenters. The van der Waals surface area contributed by atoms with E-state index in [1.54, 1.807) is 0 Å². The fraction of sp³-hybridized carbons (Fsp3) is 0.231. The van der Waals surface area contributed by atoms with Crippen LogP contribution in [0.5, 0.6) is 0 Å². The molecule has 4 rings (SSSR count). The highest BCUT2D eigenvalue weighted by Gasteiger charge is 2.32. The lowest BCUT2D eigenvalue weighted by atomic mass is 9.91. The Morgan fingerprint density at radius 3 is 2.28 bits per heavy atom. The summed E-state index contributed by atoms with van der Waals surface area (Å²) in [5.74, 6) is 5.99. The third-order valence-electron chi connectivity index (χ3n) is 5.34. The first kappa shape index (κ1) is 19.0. The summed E-state index contributed by atoms with van der Waals surface area (Å²) < 4.78 is 0. The van der Waals surface area contributed by atoms with Gasteiger partial charge in [-0.15, -0.1) is 0 Å². The molecule has 0 atom stereocenters. The molecule has 3 heteroatoms. The lowest BCUT2D eigenvalue weighted by molar-refractivity contribution is 0.0608. The molecule has 0 N–H and O–H groups in total. The number of benzene rings is 3. The fourth-order valence-electron chi connectivity index (χ4n) is 3.82. The lowest BCUT2D eigenvalue weighted by Crippen LogP contribution is -2.40. The maximum atomic E-state index is 13.0. The van der Waals surface area contributed by atoms with Gasteiger partial charge in [0.25, 0.3) is 11.8 Å². The van der Waals surface area contributed by atoms with Gasteiger partial charge in [0.05, 0.1) is 0 Å². The molecule has 3 nitrogen and oxygen atoms in total. The molecule has 0 aromatic heterocycles. The van der Waals surface area contributed by atoms with Crippen molar-refractivity contribution in [2.24, 2.45) is 0 Å². The molecule has 0 saturated carbocycles. The van der Waals surface area contributed by atoms with Crippen molar-refractivity contribution in [2.75, 3.05) is 6.54 Å². The fourth-order valence-corrected chi connectivity index (χ4v) is 3.82. The van der Waals surface area contributed by atoms with Gasteiger partial charge in [-0.1, -0.05) is 68.4 Å². The number of unbranched alkanes of at least 4 members (excludes halogenated alkanes) is 3. The summed E-state index contributed by atoms with van der Waals surface area (Å²) in [5.41, 5.74) is 2.94. The molecule has 1 aliphatic heterocycles. The summed E-state index contributed by atoms with van der Waals surface area (Å²) in [5, 5.41) is 1.59. The third kappa shape index (κ3) is 3.67. The van der Waals surface area contributed by atoms with Crippen LogP contribution in [-0.4, -0.2) is 23.3 Å². The zero-order valence-corrected chi connectivity index (χ0v) is 16.6. The normalized spacial score (nSPS) is 12.8. The second kappa shape index (κ2) is 8.32. The van der Waals surface area contributed by atoms with Crippen LogP contribution >= 0.6 is 0 Å². The minimum atomic E-state index is -0.197. The van der Waals surface area contributed by atoms with Crippen LogP contribution in [0.4, 0.5) is 0 Å². The molecule has 0 radical (unpaired) electrons. The van der Waals surface area contributed by atoms with Crippen molar-refractivity contribution < 1.29 is 9.59 Å². The van der Waals surface area contributed by atoms with Crippen molar-refractivity contribution in [2.45, 2.75) is 32.6 Å². The van der Waals surface area contributed by atoms with Gasteiger partial charge in [0, 0.05) is 34.2 Å². The average molecular weight is 381 g/mol. The number of hydrogen-bond acceptors (Lipinski definition) is 2. The van der Waals surface area contributed by atoms with Gasteiger partial charge in [-0.05, 0) is 42.1 Å². The van der Waals surface area contributed by atoms with Crippen molar-refractivity contribution in [3.8, 4) is 11.8 Å². The maximum absolute atomic E-state index is 13.0. The van der Waals surface area contributed by atoms with Gasteiger partial charge in [-0.2, -0.15) is 0 Å². The van der Waals surface area contributed by atoms with Crippen molar-refractivity contribution in [3.63, 3.8) is 0 Å². The second-order valence-corrected chi connectivity index (χ2v) is 7.33. The molecule has 2 amide bonds. The molecule has 1 aliphatic rings. The minimum Gasteiger partial charge on any atom is -0.274 e. The maximum Gasteiger partial charge on any atom is 0.261 e. The van der Waals surface area contributed by atoms with Gasteiger partial charge >= 0.3 is 0 Å². The monoisotopic (exact) mass is 381 g/mol. The molecule has 29 heavy (non-hydrogen) atoms. The van der Waals surface area contributed by atoms with E-state index in [-0.39, 0.29) is 11.8 Å². The van der Waals surface area contributed by atoms with Gasteiger partial charge < -0.3 is 0 Å². The van der Waals surface area contributed by atoms with E-state index in [0.717, 1.165) is 47.6 Å². The zero-order valence-electron chi connectivity index (χ0n) is 16.6. The number of nitrogens with zero attached hydrogens (tertiary/aromatic N) is 1. The Bertz CT molecular complexity index is 1110. The van der Waals surface area contributed by atoms with Crippen LogP contribution in [0, 0.1) is 11.8 Å². The number of carbonyl (C=O) groups is 2. The molecule has 0 saturated heterocycles. The SMILES string of the molecule is CCCCCCN1C(=O)c2cccc3c(C#Cc4ccccc4)ccc(c23)C1=O. The molecule has 0 spiro atoms. The number of hydrogen-bond donors (Lipinski definition) is 0. The van der Waals surface area contributed by atoms with E-state index in [0.29, 0.717) is 17.7 Å². The minimum absolute atomic E-state index is 0.197. The Labute approximate surface area is 171 Å². The highest BCUT2D eigenvalue weighted by Crippen LogP contribution is 2.32. The summed E-state index contributed by atoms with van der Waals surface area (Å²) in [6.45, 7) is 2.62. The Balaban J connectivity index is 1.73. The molecule has 144 valence electrons. The third-order valence-corrected chi connectivity index (χ3v) is 5.34. The molecule has 0 bridgehead atoms. The van der Waals surface area contributed by atoms with Gasteiger partial charge in [-0.3, -0.25) is 14.5 Å². The van der Waals surface area contributed by atoms with Gasteiger partial charge in [-0.25, -0.2) is 0 Å². The highest BCUT2D eigenvalue weighted by molar-refractivity contribution is 6.26. The molecule has 0 aliphatic carbocycles. The zero-order chi connectivity index (χ0) is 20.2. The van der Waals surface area contributed by atoms with E-state index in [1.165, 1.54) is 4.90 Å². The summed E-state index contributed by atoms with van der Waals surface area (Å²) in [7, 11) is 0. The summed E-state index contributed by atoms with van der Waals surface area (Å²) in [4.78, 5) is 27.5. The quantitative estimate of drug-likeness (QED) is 0.336. The van der Waals surface area contributed by atoms with Crippen molar-refractivity contribution >= 4 is 22.6 Å². The second-order valence-electron chi connectivity index (χ2n) is 7.33. The number of carbonyl (C=O) groups excluding carboxylic acids is 2. The molecule has 3 aromatic rings. The van der Waals surface area contributed by atoms with E-state index in [9.17, 15) is 9.59 Å². The van der Waals surface area contributed by atoms with Crippen molar-refractivity contribution in [1.82, 2.24) is 4.90 Å². The van der Waals surface area contributed by atoms with Crippen LogP contribution in [0.3, 0.4) is 0 Å². The van der Waals surface area contributed by atoms with Crippen LogP contribution in [0.15, 0.2) is 60.7 Å². The van der Waals surface area contributed by atoms with Crippen LogP contribution in [0.25, 0.3) is 10.8 Å². The number of rotatable bonds is 5. The van der Waals surface area contributed by atoms with E-state index >= 15 is 0 Å². The predicted octanol–water partition coefficient (Wildman–Crippen LogP) is 5.42. The van der Waals surface area contributed by atoms with Crippen LogP contribution in [0.1, 0.15) is 64.4 Å². The first-order chi connectivity index (χ1) is 14.2. The summed E-state index contributed by atoms with van der Waals surface area (Å²) in [6, 6.07) is 19.1. The molecule has 1 heterocycles. The predicted molar refractivity (Wildman–Crippen MR) is 116 cm³/mol. The lowest BCUT2D eigenvalue weighted by Gasteiger charge is -2.27. The summed E-state index contributed by atoms with van der Waals surface area (Å²) in [6.07, 6.45) is 4.11. The van der Waals surface area contributed by atoms with Gasteiger partial charge in [0.15, 0.2) is 0 Å². The standard InChI is InChI=1S/C26H23NO2/c1-2-3-4-8-18-27-25(28)22-13-9-12-21-20(15-14-19-10-6-5-7-11-19)16-17-23(24(21)22)26(27)29/h5-7,9-13,16-17H,2-4,8,18H2,1H3. The summed E-state index contributed by atoms with van der Waals surface area (Å²) >= 11 is 0. The van der Waals surface area contributed by atoms with E-state index in [2.05, 4.69) is 18.8 Å². The highest BCUT2D eigenvalue weighted by atomic mass is 16.2. The Hall–Kier alpha value is -3.38. The Morgan fingerprint density at radius 2 is 1.52 bits per heavy atom. The smallest absolute Gasteiger partial charge is 0.261 e. The van der Waals surface area contributed by atoms with Crippen molar-refractivity contribution in [1.29, 1.82) is 0 Å². The molecular weight excluding hydrogens is 358 g/mol. The Kier molecular flexibility index (Phi) is 5.44. The Morgan fingerprint density at radius 1 is 0.759 bits per heavy atom. The first-order valence-electron chi connectivity index (χ1n) is 10.2. The molecular formula is C26H23NO2. The molecule has 0 fully saturated rings. The van der Waals surface area contributed by atoms with Crippen LogP contribution < -0.4 is 0 Å².